The van der Waals surface area contributed by atoms with Gasteiger partial charge < -0.3 is 10.5 Å². The first kappa shape index (κ1) is 11.9. The minimum atomic E-state index is 0.284. The molecule has 2 N–H and O–H groups in total. The Morgan fingerprint density at radius 3 is 2.42 bits per heavy atom. The summed E-state index contributed by atoms with van der Waals surface area (Å²) in [5.41, 5.74) is 5.50. The van der Waals surface area contributed by atoms with E-state index in [0.29, 0.717) is 6.54 Å². The van der Waals surface area contributed by atoms with Crippen molar-refractivity contribution < 1.29 is 4.74 Å². The second-order valence-electron chi connectivity index (χ2n) is 3.20. The summed E-state index contributed by atoms with van der Waals surface area (Å²) in [5, 5.41) is 0. The van der Waals surface area contributed by atoms with E-state index in [1.165, 1.54) is 25.7 Å². The van der Waals surface area contributed by atoms with Crippen LogP contribution >= 0.6 is 0 Å². The highest BCUT2D eigenvalue weighted by Gasteiger charge is 2.01. The molecule has 12 heavy (non-hydrogen) atoms. The Hall–Kier alpha value is -0.0800. The Kier molecular flexibility index (Phi) is 8.95. The van der Waals surface area contributed by atoms with Crippen molar-refractivity contribution >= 4 is 0 Å². The van der Waals surface area contributed by atoms with Crippen molar-refractivity contribution in [3.8, 4) is 0 Å². The smallest absolute Gasteiger partial charge is 0.0694 e. The molecule has 0 aromatic heterocycles. The number of unbranched alkanes of at least 4 members (excludes halogenated alkanes) is 3. The van der Waals surface area contributed by atoms with Crippen molar-refractivity contribution in [1.82, 2.24) is 0 Å². The molecule has 0 aliphatic heterocycles. The molecule has 2 nitrogen and oxygen atoms in total. The summed E-state index contributed by atoms with van der Waals surface area (Å²) < 4.78 is 5.56. The zero-order chi connectivity index (χ0) is 9.23. The zero-order valence-corrected chi connectivity index (χ0v) is 8.51. The first-order valence-electron chi connectivity index (χ1n) is 5.16. The van der Waals surface area contributed by atoms with Crippen LogP contribution in [-0.2, 0) is 4.74 Å². The second-order valence-corrected chi connectivity index (χ2v) is 3.20. The molecule has 1 atom stereocenters. The van der Waals surface area contributed by atoms with Crippen LogP contribution in [0.5, 0.6) is 0 Å². The molecular formula is C10H23NO. The van der Waals surface area contributed by atoms with Crippen molar-refractivity contribution in [1.29, 1.82) is 0 Å². The van der Waals surface area contributed by atoms with Gasteiger partial charge in [-0.1, -0.05) is 33.1 Å². The molecule has 0 rings (SSSR count). The van der Waals surface area contributed by atoms with Crippen LogP contribution in [0.25, 0.3) is 0 Å². The van der Waals surface area contributed by atoms with Crippen LogP contribution in [0.2, 0.25) is 0 Å². The summed E-state index contributed by atoms with van der Waals surface area (Å²) in [6.07, 6.45) is 6.40. The van der Waals surface area contributed by atoms with Crippen molar-refractivity contribution in [3.05, 3.63) is 0 Å². The third kappa shape index (κ3) is 6.62. The highest BCUT2D eigenvalue weighted by molar-refractivity contribution is 4.54. The van der Waals surface area contributed by atoms with E-state index in [4.69, 9.17) is 10.5 Å². The van der Waals surface area contributed by atoms with Crippen LogP contribution in [0.4, 0.5) is 0 Å². The number of hydrogen-bond acceptors (Lipinski definition) is 2. The quantitative estimate of drug-likeness (QED) is 0.572. The monoisotopic (exact) mass is 173 g/mol. The molecule has 0 spiro atoms. The van der Waals surface area contributed by atoms with Gasteiger partial charge >= 0.3 is 0 Å². The second kappa shape index (κ2) is 9.01. The Balaban J connectivity index is 3.06. The molecule has 0 heterocycles. The fourth-order valence-electron chi connectivity index (χ4n) is 1.13. The molecule has 2 heteroatoms. The third-order valence-electron chi connectivity index (χ3n) is 2.07. The maximum absolute atomic E-state index is 5.56. The molecule has 0 aromatic rings. The first-order chi connectivity index (χ1) is 5.85. The van der Waals surface area contributed by atoms with Gasteiger partial charge in [-0.3, -0.25) is 0 Å². The number of rotatable bonds is 8. The van der Waals surface area contributed by atoms with Gasteiger partial charge in [-0.2, -0.15) is 0 Å². The largest absolute Gasteiger partial charge is 0.377 e. The molecule has 0 fully saturated rings. The topological polar surface area (TPSA) is 35.2 Å². The van der Waals surface area contributed by atoms with Crippen LogP contribution in [0.1, 0.15) is 46.0 Å². The Labute approximate surface area is 76.5 Å². The lowest BCUT2D eigenvalue weighted by Gasteiger charge is -2.13. The maximum atomic E-state index is 5.56. The molecule has 0 aliphatic rings. The standard InChI is InChI=1S/C10H23NO/c1-3-5-6-7-8-12-10(4-2)9-11/h10H,3-9,11H2,1-2H3. The normalized spacial score (nSPS) is 13.2. The Bertz CT molecular complexity index is 81.9. The van der Waals surface area contributed by atoms with Crippen molar-refractivity contribution in [2.24, 2.45) is 5.73 Å². The van der Waals surface area contributed by atoms with Gasteiger partial charge in [0.1, 0.15) is 0 Å². The van der Waals surface area contributed by atoms with Crippen molar-refractivity contribution in [2.45, 2.75) is 52.1 Å². The Morgan fingerprint density at radius 2 is 1.92 bits per heavy atom. The van der Waals surface area contributed by atoms with Gasteiger partial charge in [-0.25, -0.2) is 0 Å². The van der Waals surface area contributed by atoms with Gasteiger partial charge in [0.15, 0.2) is 0 Å². The summed E-state index contributed by atoms with van der Waals surface area (Å²) in [6, 6.07) is 0. The lowest BCUT2D eigenvalue weighted by atomic mass is 10.2. The van der Waals surface area contributed by atoms with Gasteiger partial charge in [0.25, 0.3) is 0 Å². The van der Waals surface area contributed by atoms with E-state index in [0.717, 1.165) is 13.0 Å². The summed E-state index contributed by atoms with van der Waals surface area (Å²) in [4.78, 5) is 0. The lowest BCUT2D eigenvalue weighted by Crippen LogP contribution is -2.23. The average molecular weight is 173 g/mol. The average Bonchev–Trinajstić information content (AvgIpc) is 2.11. The van der Waals surface area contributed by atoms with Gasteiger partial charge in [-0.05, 0) is 12.8 Å². The van der Waals surface area contributed by atoms with E-state index in [1.807, 2.05) is 0 Å². The van der Waals surface area contributed by atoms with Crippen LogP contribution in [-0.4, -0.2) is 19.3 Å². The van der Waals surface area contributed by atoms with E-state index in [9.17, 15) is 0 Å². The van der Waals surface area contributed by atoms with E-state index in [2.05, 4.69) is 13.8 Å². The predicted molar refractivity (Wildman–Crippen MR) is 53.2 cm³/mol. The highest BCUT2D eigenvalue weighted by atomic mass is 16.5. The van der Waals surface area contributed by atoms with E-state index in [-0.39, 0.29) is 6.10 Å². The van der Waals surface area contributed by atoms with E-state index < -0.39 is 0 Å². The van der Waals surface area contributed by atoms with Gasteiger partial charge in [0.2, 0.25) is 0 Å². The number of hydrogen-bond donors (Lipinski definition) is 1. The summed E-state index contributed by atoms with van der Waals surface area (Å²) in [6.45, 7) is 5.87. The highest BCUT2D eigenvalue weighted by Crippen LogP contribution is 2.02. The fraction of sp³-hybridized carbons (Fsp3) is 1.00. The van der Waals surface area contributed by atoms with E-state index >= 15 is 0 Å². The Morgan fingerprint density at radius 1 is 1.17 bits per heavy atom. The number of nitrogens with two attached hydrogens (primary N) is 1. The molecule has 0 aromatic carbocycles. The van der Waals surface area contributed by atoms with Gasteiger partial charge in [0.05, 0.1) is 6.10 Å². The molecule has 0 bridgehead atoms. The van der Waals surface area contributed by atoms with Gasteiger partial charge in [0, 0.05) is 13.2 Å². The predicted octanol–water partition coefficient (Wildman–Crippen LogP) is 2.32. The molecule has 1 unspecified atom stereocenters. The number of ether oxygens (including phenoxy) is 1. The fourth-order valence-corrected chi connectivity index (χ4v) is 1.13. The van der Waals surface area contributed by atoms with Gasteiger partial charge in [-0.15, -0.1) is 0 Å². The maximum Gasteiger partial charge on any atom is 0.0694 e. The van der Waals surface area contributed by atoms with Crippen molar-refractivity contribution in [3.63, 3.8) is 0 Å². The zero-order valence-electron chi connectivity index (χ0n) is 8.51. The summed E-state index contributed by atoms with van der Waals surface area (Å²) in [5.74, 6) is 0. The molecule has 0 aliphatic carbocycles. The molecular weight excluding hydrogens is 150 g/mol. The van der Waals surface area contributed by atoms with E-state index in [1.54, 1.807) is 0 Å². The summed E-state index contributed by atoms with van der Waals surface area (Å²) >= 11 is 0. The van der Waals surface area contributed by atoms with Crippen LogP contribution in [0.15, 0.2) is 0 Å². The minimum Gasteiger partial charge on any atom is -0.377 e. The summed E-state index contributed by atoms with van der Waals surface area (Å²) in [7, 11) is 0. The minimum absolute atomic E-state index is 0.284. The first-order valence-corrected chi connectivity index (χ1v) is 5.16. The van der Waals surface area contributed by atoms with Crippen LogP contribution < -0.4 is 5.73 Å². The van der Waals surface area contributed by atoms with Crippen molar-refractivity contribution in [2.75, 3.05) is 13.2 Å². The third-order valence-corrected chi connectivity index (χ3v) is 2.07. The SMILES string of the molecule is CCCCCCOC(CC)CN. The lowest BCUT2D eigenvalue weighted by molar-refractivity contribution is 0.0540. The molecule has 0 amide bonds. The molecule has 0 saturated carbocycles. The molecule has 0 saturated heterocycles. The van der Waals surface area contributed by atoms with Crippen LogP contribution in [0, 0.1) is 0 Å². The molecule has 0 radical (unpaired) electrons. The molecule has 74 valence electrons. The van der Waals surface area contributed by atoms with Crippen LogP contribution in [0.3, 0.4) is 0 Å².